The zero-order valence-electron chi connectivity index (χ0n) is 21.0. The Morgan fingerprint density at radius 3 is 2.40 bits per heavy atom. The lowest BCUT2D eigenvalue weighted by atomic mass is 9.48. The number of amides is 2. The molecule has 0 aromatic heterocycles. The fourth-order valence-corrected chi connectivity index (χ4v) is 8.51. The van der Waals surface area contributed by atoms with Gasteiger partial charge in [0.15, 0.2) is 0 Å². The van der Waals surface area contributed by atoms with Crippen molar-refractivity contribution >= 4 is 17.5 Å². The van der Waals surface area contributed by atoms with Crippen molar-refractivity contribution in [2.45, 2.75) is 71.9 Å². The van der Waals surface area contributed by atoms with Gasteiger partial charge in [-0.15, -0.1) is 0 Å². The molecule has 2 saturated carbocycles. The van der Waals surface area contributed by atoms with Crippen LogP contribution in [0.1, 0.15) is 71.3 Å². The Morgan fingerprint density at radius 1 is 1.06 bits per heavy atom. The Balaban J connectivity index is 1.36. The van der Waals surface area contributed by atoms with Gasteiger partial charge in [-0.05, 0) is 92.9 Å². The second-order valence-corrected chi connectivity index (χ2v) is 11.8. The van der Waals surface area contributed by atoms with E-state index in [-0.39, 0.29) is 28.6 Å². The van der Waals surface area contributed by atoms with Gasteiger partial charge in [0.05, 0.1) is 5.56 Å². The number of hydrogen-bond acceptors (Lipinski definition) is 2. The summed E-state index contributed by atoms with van der Waals surface area (Å²) in [7, 11) is 1.92. The van der Waals surface area contributed by atoms with Gasteiger partial charge >= 0.3 is 6.18 Å². The lowest BCUT2D eigenvalue weighted by molar-refractivity contribution is -0.138. The lowest BCUT2D eigenvalue weighted by Crippen LogP contribution is -2.54. The normalized spacial score (nSPS) is 37.0. The number of nitrogens with one attached hydrogen (secondary N) is 1. The van der Waals surface area contributed by atoms with Crippen LogP contribution < -0.4 is 5.32 Å². The number of piperidine rings is 1. The van der Waals surface area contributed by atoms with Crippen LogP contribution in [0.15, 0.2) is 35.5 Å². The summed E-state index contributed by atoms with van der Waals surface area (Å²) < 4.78 is 38.7. The van der Waals surface area contributed by atoms with Crippen molar-refractivity contribution in [2.75, 3.05) is 12.4 Å². The molecule has 6 atom stereocenters. The summed E-state index contributed by atoms with van der Waals surface area (Å²) in [4.78, 5) is 27.7. The minimum Gasteiger partial charge on any atom is -0.326 e. The number of anilines is 1. The summed E-state index contributed by atoms with van der Waals surface area (Å²) in [5, 5.41) is 2.91. The van der Waals surface area contributed by atoms with Gasteiger partial charge in [0.2, 0.25) is 11.8 Å². The van der Waals surface area contributed by atoms with Gasteiger partial charge in [-0.25, -0.2) is 0 Å². The summed E-state index contributed by atoms with van der Waals surface area (Å²) in [6, 6.07) is 4.71. The molecule has 35 heavy (non-hydrogen) atoms. The molecule has 190 valence electrons. The summed E-state index contributed by atoms with van der Waals surface area (Å²) in [6.45, 7) is 6.78. The van der Waals surface area contributed by atoms with Crippen LogP contribution >= 0.6 is 0 Å². The maximum absolute atomic E-state index is 13.4. The van der Waals surface area contributed by atoms with Crippen molar-refractivity contribution in [1.82, 2.24) is 4.90 Å². The van der Waals surface area contributed by atoms with E-state index >= 15 is 0 Å². The van der Waals surface area contributed by atoms with Crippen molar-refractivity contribution in [3.05, 3.63) is 41.1 Å². The molecule has 0 bridgehead atoms. The molecule has 1 aromatic rings. The van der Waals surface area contributed by atoms with Crippen LogP contribution in [-0.4, -0.2) is 23.8 Å². The molecule has 1 heterocycles. The van der Waals surface area contributed by atoms with E-state index in [1.807, 2.05) is 11.9 Å². The van der Waals surface area contributed by atoms with Crippen LogP contribution in [0, 0.1) is 34.5 Å². The standard InChI is InChI=1S/C28H35F3N2O2/c1-16-15-19-20-9-10-22(25(35)32-18-7-5-17(6-8-18)28(29,30)31)26(20,2)13-11-21(19)27(3)14-12-23(34)33(4)24(16)27/h5-8,19-22H,9-15H2,1-4H3,(H,32,35)/t19-,20-,21+,22?,26-,27+/m0/s1. The smallest absolute Gasteiger partial charge is 0.326 e. The molecule has 4 nitrogen and oxygen atoms in total. The van der Waals surface area contributed by atoms with E-state index in [4.69, 9.17) is 0 Å². The van der Waals surface area contributed by atoms with Crippen LogP contribution in [0.5, 0.6) is 0 Å². The van der Waals surface area contributed by atoms with Crippen molar-refractivity contribution in [2.24, 2.45) is 34.5 Å². The Kier molecular flexibility index (Phi) is 5.65. The first kappa shape index (κ1) is 24.4. The number of carbonyl (C=O) groups excluding carboxylic acids is 2. The number of likely N-dealkylation sites (tertiary alicyclic amines) is 1. The molecule has 1 saturated heterocycles. The predicted molar refractivity (Wildman–Crippen MR) is 128 cm³/mol. The zero-order valence-corrected chi connectivity index (χ0v) is 21.0. The maximum Gasteiger partial charge on any atom is 0.416 e. The van der Waals surface area contributed by atoms with Crippen LogP contribution in [-0.2, 0) is 15.8 Å². The first-order valence-electron chi connectivity index (χ1n) is 12.8. The number of carbonyl (C=O) groups is 2. The fraction of sp³-hybridized carbons (Fsp3) is 0.643. The van der Waals surface area contributed by atoms with Gasteiger partial charge in [0.1, 0.15) is 0 Å². The Labute approximate surface area is 205 Å². The lowest BCUT2D eigenvalue weighted by Gasteiger charge is -2.59. The van der Waals surface area contributed by atoms with Crippen molar-refractivity contribution in [3.63, 3.8) is 0 Å². The average molecular weight is 489 g/mol. The van der Waals surface area contributed by atoms with Crippen molar-refractivity contribution in [3.8, 4) is 0 Å². The average Bonchev–Trinajstić information content (AvgIpc) is 3.14. The molecule has 1 unspecified atom stereocenters. The van der Waals surface area contributed by atoms with Crippen LogP contribution in [0.25, 0.3) is 0 Å². The second kappa shape index (κ2) is 8.10. The summed E-state index contributed by atoms with van der Waals surface area (Å²) >= 11 is 0. The van der Waals surface area contributed by atoms with Gasteiger partial charge in [-0.1, -0.05) is 19.4 Å². The predicted octanol–water partition coefficient (Wildman–Crippen LogP) is 6.64. The molecule has 3 aliphatic carbocycles. The Bertz CT molecular complexity index is 1080. The number of halogens is 3. The van der Waals surface area contributed by atoms with Crippen LogP contribution in [0.2, 0.25) is 0 Å². The molecule has 1 N–H and O–H groups in total. The van der Waals surface area contributed by atoms with E-state index in [0.717, 1.165) is 50.7 Å². The molecule has 0 radical (unpaired) electrons. The highest BCUT2D eigenvalue weighted by atomic mass is 19.4. The third-order valence-electron chi connectivity index (χ3n) is 10.1. The highest BCUT2D eigenvalue weighted by molar-refractivity contribution is 5.93. The summed E-state index contributed by atoms with van der Waals surface area (Å²) in [6.07, 6.45) is 1.87. The molecule has 0 spiro atoms. The highest BCUT2D eigenvalue weighted by Crippen LogP contribution is 2.66. The minimum absolute atomic E-state index is 0.00242. The quantitative estimate of drug-likeness (QED) is 0.507. The number of allylic oxidation sites excluding steroid dienone is 2. The molecular weight excluding hydrogens is 453 g/mol. The molecule has 7 heteroatoms. The number of fused-ring (bicyclic) bond motifs is 5. The number of nitrogens with zero attached hydrogens (tertiary/aromatic N) is 1. The van der Waals surface area contributed by atoms with Crippen molar-refractivity contribution < 1.29 is 22.8 Å². The van der Waals surface area contributed by atoms with Crippen LogP contribution in [0.3, 0.4) is 0 Å². The highest BCUT2D eigenvalue weighted by Gasteiger charge is 2.61. The van der Waals surface area contributed by atoms with E-state index in [2.05, 4.69) is 26.1 Å². The van der Waals surface area contributed by atoms with Gasteiger partial charge in [-0.3, -0.25) is 9.59 Å². The first-order chi connectivity index (χ1) is 16.4. The van der Waals surface area contributed by atoms with Gasteiger partial charge in [-0.2, -0.15) is 13.2 Å². The third kappa shape index (κ3) is 3.72. The van der Waals surface area contributed by atoms with E-state index in [1.165, 1.54) is 23.4 Å². The largest absolute Gasteiger partial charge is 0.416 e. The topological polar surface area (TPSA) is 49.4 Å². The molecule has 5 rings (SSSR count). The molecule has 3 fully saturated rings. The second-order valence-electron chi connectivity index (χ2n) is 11.8. The van der Waals surface area contributed by atoms with E-state index in [9.17, 15) is 22.8 Å². The summed E-state index contributed by atoms with van der Waals surface area (Å²) in [5.74, 6) is 1.41. The van der Waals surface area contributed by atoms with E-state index in [1.54, 1.807) is 0 Å². The maximum atomic E-state index is 13.4. The molecule has 4 aliphatic rings. The summed E-state index contributed by atoms with van der Waals surface area (Å²) in [5.41, 5.74) is 2.11. The van der Waals surface area contributed by atoms with Crippen LogP contribution in [0.4, 0.5) is 18.9 Å². The minimum atomic E-state index is -4.39. The molecule has 2 amide bonds. The van der Waals surface area contributed by atoms with E-state index < -0.39 is 11.7 Å². The molecule has 1 aromatic carbocycles. The SMILES string of the molecule is CC1=C2N(C)C(=O)CC[C@]2(C)[C@@H]2CC[C@]3(C)C(C(=O)Nc4ccc(C(F)(F)F)cc4)CC[C@H]3[C@@H]2C1. The first-order valence-corrected chi connectivity index (χ1v) is 12.8. The fourth-order valence-electron chi connectivity index (χ4n) is 8.51. The number of hydrogen-bond donors (Lipinski definition) is 1. The molecule has 1 aliphatic heterocycles. The van der Waals surface area contributed by atoms with Gasteiger partial charge < -0.3 is 10.2 Å². The van der Waals surface area contributed by atoms with E-state index in [0.29, 0.717) is 29.9 Å². The van der Waals surface area contributed by atoms with Crippen molar-refractivity contribution in [1.29, 1.82) is 0 Å². The number of benzene rings is 1. The van der Waals surface area contributed by atoms with Gasteiger partial charge in [0, 0.05) is 36.2 Å². The third-order valence-corrected chi connectivity index (χ3v) is 10.1. The zero-order chi connectivity index (χ0) is 25.3. The molecular formula is C28H35F3N2O2. The Morgan fingerprint density at radius 2 is 1.74 bits per heavy atom. The Hall–Kier alpha value is -2.31. The monoisotopic (exact) mass is 488 g/mol. The number of alkyl halides is 3. The number of rotatable bonds is 2. The van der Waals surface area contributed by atoms with Gasteiger partial charge in [0.25, 0.3) is 0 Å².